The smallest absolute Gasteiger partial charge is 0.279 e. The highest BCUT2D eigenvalue weighted by Crippen LogP contribution is 2.37. The maximum absolute atomic E-state index is 11.2. The van der Waals surface area contributed by atoms with Crippen molar-refractivity contribution < 1.29 is 4.79 Å². The summed E-state index contributed by atoms with van der Waals surface area (Å²) in [7, 11) is 0. The molecule has 2 atom stereocenters. The zero-order chi connectivity index (χ0) is 10.1. The summed E-state index contributed by atoms with van der Waals surface area (Å²) >= 11 is 1.38. The zero-order valence-corrected chi connectivity index (χ0v) is 9.10. The monoisotopic (exact) mass is 207 g/mol. The van der Waals surface area contributed by atoms with E-state index < -0.39 is 0 Å². The molecule has 74 valence electrons. The van der Waals surface area contributed by atoms with Gasteiger partial charge in [-0.2, -0.15) is 0 Å². The molecule has 0 aliphatic carbocycles. The lowest BCUT2D eigenvalue weighted by Gasteiger charge is -2.13. The van der Waals surface area contributed by atoms with Crippen LogP contribution < -0.4 is 5.32 Å². The van der Waals surface area contributed by atoms with E-state index in [1.54, 1.807) is 0 Å². The van der Waals surface area contributed by atoms with Crippen LogP contribution in [0.5, 0.6) is 0 Å². The summed E-state index contributed by atoms with van der Waals surface area (Å²) in [6.07, 6.45) is 0. The molecule has 2 rings (SSSR count). The highest BCUT2D eigenvalue weighted by Gasteiger charge is 2.30. The number of amides is 1. The van der Waals surface area contributed by atoms with Crippen molar-refractivity contribution in [2.45, 2.75) is 25.1 Å². The van der Waals surface area contributed by atoms with Gasteiger partial charge >= 0.3 is 0 Å². The lowest BCUT2D eigenvalue weighted by Crippen LogP contribution is -2.23. The quantitative estimate of drug-likeness (QED) is 0.767. The Bertz CT molecular complexity index is 347. The fraction of sp³-hybridized carbons (Fsp3) is 0.364. The SMILES string of the molecule is Cc1ccc([C@H]2SC(=O)N[C@@H]2C)cc1. The van der Waals surface area contributed by atoms with Gasteiger partial charge in [-0.15, -0.1) is 0 Å². The molecule has 1 aromatic carbocycles. The van der Waals surface area contributed by atoms with E-state index in [2.05, 4.69) is 36.5 Å². The minimum Gasteiger partial charge on any atom is -0.343 e. The van der Waals surface area contributed by atoms with E-state index in [1.165, 1.54) is 22.9 Å². The van der Waals surface area contributed by atoms with Crippen LogP contribution in [-0.4, -0.2) is 11.3 Å². The van der Waals surface area contributed by atoms with E-state index in [0.717, 1.165) is 0 Å². The number of carbonyl (C=O) groups is 1. The summed E-state index contributed by atoms with van der Waals surface area (Å²) in [4.78, 5) is 11.2. The molecule has 0 radical (unpaired) electrons. The molecule has 1 N–H and O–H groups in total. The summed E-state index contributed by atoms with van der Waals surface area (Å²) < 4.78 is 0. The fourth-order valence-corrected chi connectivity index (χ4v) is 2.68. The molecule has 14 heavy (non-hydrogen) atoms. The zero-order valence-electron chi connectivity index (χ0n) is 8.28. The average molecular weight is 207 g/mol. The molecule has 1 saturated heterocycles. The van der Waals surface area contributed by atoms with Crippen molar-refractivity contribution >= 4 is 17.0 Å². The Balaban J connectivity index is 2.23. The second-order valence-electron chi connectivity index (χ2n) is 3.67. The van der Waals surface area contributed by atoms with Gasteiger partial charge in [-0.25, -0.2) is 0 Å². The number of aryl methyl sites for hydroxylation is 1. The molecule has 1 amide bonds. The van der Waals surface area contributed by atoms with Gasteiger partial charge in [-0.3, -0.25) is 4.79 Å². The van der Waals surface area contributed by atoms with Crippen molar-refractivity contribution in [3.05, 3.63) is 35.4 Å². The molecule has 0 unspecified atom stereocenters. The van der Waals surface area contributed by atoms with Gasteiger partial charge in [0, 0.05) is 6.04 Å². The fourth-order valence-electron chi connectivity index (χ4n) is 1.63. The van der Waals surface area contributed by atoms with Crippen LogP contribution in [0.3, 0.4) is 0 Å². The summed E-state index contributed by atoms with van der Waals surface area (Å²) in [5.74, 6) is 0. The Morgan fingerprint density at radius 2 is 1.93 bits per heavy atom. The maximum atomic E-state index is 11.2. The molecule has 0 saturated carbocycles. The highest BCUT2D eigenvalue weighted by molar-refractivity contribution is 8.14. The van der Waals surface area contributed by atoms with Crippen LogP contribution in [0.1, 0.15) is 23.3 Å². The molecular formula is C11H13NOS. The van der Waals surface area contributed by atoms with E-state index in [1.807, 2.05) is 6.92 Å². The van der Waals surface area contributed by atoms with Gasteiger partial charge in [0.05, 0.1) is 5.25 Å². The molecule has 0 aromatic heterocycles. The van der Waals surface area contributed by atoms with Crippen molar-refractivity contribution in [2.75, 3.05) is 0 Å². The third-order valence-corrected chi connectivity index (χ3v) is 3.71. The van der Waals surface area contributed by atoms with Gasteiger partial charge in [-0.1, -0.05) is 41.6 Å². The van der Waals surface area contributed by atoms with Gasteiger partial charge in [0.2, 0.25) is 0 Å². The number of hydrogen-bond acceptors (Lipinski definition) is 2. The van der Waals surface area contributed by atoms with Gasteiger partial charge in [0.1, 0.15) is 0 Å². The normalized spacial score (nSPS) is 26.3. The lowest BCUT2D eigenvalue weighted by atomic mass is 10.1. The first-order valence-corrected chi connectivity index (χ1v) is 5.58. The van der Waals surface area contributed by atoms with Crippen molar-refractivity contribution in [2.24, 2.45) is 0 Å². The molecular weight excluding hydrogens is 194 g/mol. The first kappa shape index (κ1) is 9.59. The number of thioether (sulfide) groups is 1. The highest BCUT2D eigenvalue weighted by atomic mass is 32.2. The summed E-state index contributed by atoms with van der Waals surface area (Å²) in [5, 5.41) is 3.26. The maximum Gasteiger partial charge on any atom is 0.279 e. The topological polar surface area (TPSA) is 29.1 Å². The molecule has 3 heteroatoms. The van der Waals surface area contributed by atoms with Gasteiger partial charge in [0.15, 0.2) is 0 Å². The Labute approximate surface area is 88.1 Å². The third-order valence-electron chi connectivity index (χ3n) is 2.44. The minimum absolute atomic E-state index is 0.0862. The molecule has 0 bridgehead atoms. The van der Waals surface area contributed by atoms with Crippen molar-refractivity contribution in [1.29, 1.82) is 0 Å². The largest absolute Gasteiger partial charge is 0.343 e. The summed E-state index contributed by atoms with van der Waals surface area (Å²) in [6.45, 7) is 4.11. The lowest BCUT2D eigenvalue weighted by molar-refractivity contribution is 0.260. The third kappa shape index (κ3) is 1.77. The summed E-state index contributed by atoms with van der Waals surface area (Å²) in [6, 6.07) is 8.61. The van der Waals surface area contributed by atoms with Gasteiger partial charge in [0.25, 0.3) is 5.24 Å². The minimum atomic E-state index is 0.0862. The second-order valence-corrected chi connectivity index (χ2v) is 4.78. The van der Waals surface area contributed by atoms with Crippen LogP contribution >= 0.6 is 11.8 Å². The van der Waals surface area contributed by atoms with Gasteiger partial charge in [-0.05, 0) is 19.4 Å². The van der Waals surface area contributed by atoms with E-state index in [4.69, 9.17) is 0 Å². The molecule has 1 aliphatic heterocycles. The van der Waals surface area contributed by atoms with E-state index >= 15 is 0 Å². The molecule has 1 heterocycles. The first-order chi connectivity index (χ1) is 6.66. The average Bonchev–Trinajstić information content (AvgIpc) is 2.47. The Morgan fingerprint density at radius 3 is 2.43 bits per heavy atom. The Morgan fingerprint density at radius 1 is 1.29 bits per heavy atom. The Kier molecular flexibility index (Phi) is 2.50. The number of benzene rings is 1. The molecule has 1 aromatic rings. The van der Waals surface area contributed by atoms with Crippen LogP contribution in [0.2, 0.25) is 0 Å². The molecule has 1 aliphatic rings. The molecule has 1 fully saturated rings. The van der Waals surface area contributed by atoms with E-state index in [0.29, 0.717) is 0 Å². The van der Waals surface area contributed by atoms with E-state index in [-0.39, 0.29) is 16.5 Å². The van der Waals surface area contributed by atoms with Crippen LogP contribution in [0, 0.1) is 6.92 Å². The number of rotatable bonds is 1. The van der Waals surface area contributed by atoms with E-state index in [9.17, 15) is 4.79 Å². The van der Waals surface area contributed by atoms with Crippen LogP contribution in [-0.2, 0) is 0 Å². The van der Waals surface area contributed by atoms with Crippen molar-refractivity contribution in [3.63, 3.8) is 0 Å². The predicted octanol–water partition coefficient (Wildman–Crippen LogP) is 2.88. The van der Waals surface area contributed by atoms with Gasteiger partial charge < -0.3 is 5.32 Å². The standard InChI is InChI=1S/C11H13NOS/c1-7-3-5-9(6-4-7)10-8(2)12-11(13)14-10/h3-6,8,10H,1-2H3,(H,12,13)/t8-,10+/m1/s1. The number of hydrogen-bond donors (Lipinski definition) is 1. The van der Waals surface area contributed by atoms with Crippen molar-refractivity contribution in [3.8, 4) is 0 Å². The molecule has 0 spiro atoms. The molecule has 2 nitrogen and oxygen atoms in total. The predicted molar refractivity (Wildman–Crippen MR) is 59.5 cm³/mol. The first-order valence-electron chi connectivity index (χ1n) is 4.70. The van der Waals surface area contributed by atoms with Crippen molar-refractivity contribution in [1.82, 2.24) is 5.32 Å². The Hall–Kier alpha value is -0.960. The number of nitrogens with one attached hydrogen (secondary N) is 1. The summed E-state index contributed by atoms with van der Waals surface area (Å²) in [5.41, 5.74) is 2.48. The van der Waals surface area contributed by atoms with Crippen LogP contribution in [0.15, 0.2) is 24.3 Å². The van der Waals surface area contributed by atoms with Crippen LogP contribution in [0.25, 0.3) is 0 Å². The second kappa shape index (κ2) is 3.65. The van der Waals surface area contributed by atoms with Crippen LogP contribution in [0.4, 0.5) is 4.79 Å². The number of carbonyl (C=O) groups excluding carboxylic acids is 1.